The summed E-state index contributed by atoms with van der Waals surface area (Å²) >= 11 is 3.10. The quantitative estimate of drug-likeness (QED) is 0.818. The van der Waals surface area contributed by atoms with E-state index in [9.17, 15) is 13.6 Å². The van der Waals surface area contributed by atoms with Gasteiger partial charge in [-0.25, -0.2) is 8.78 Å². The third-order valence-electron chi connectivity index (χ3n) is 2.59. The molecule has 3 nitrogen and oxygen atoms in total. The Labute approximate surface area is 115 Å². The molecular formula is C13H7BrF2N2O. The number of nitrogens with one attached hydrogen (secondary N) is 1. The first-order valence-electron chi connectivity index (χ1n) is 5.23. The Hall–Kier alpha value is -2.00. The predicted octanol–water partition coefficient (Wildman–Crippen LogP) is 3.26. The molecule has 0 aliphatic heterocycles. The highest BCUT2D eigenvalue weighted by atomic mass is 79.9. The van der Waals surface area contributed by atoms with Crippen LogP contribution in [0.5, 0.6) is 0 Å². The molecule has 1 aromatic carbocycles. The molecule has 0 atom stereocenters. The number of H-pyrrole nitrogens is 1. The van der Waals surface area contributed by atoms with E-state index in [0.29, 0.717) is 5.69 Å². The number of aryl methyl sites for hydroxylation is 1. The minimum Gasteiger partial charge on any atom is -0.325 e. The van der Waals surface area contributed by atoms with Crippen molar-refractivity contribution < 1.29 is 8.78 Å². The maximum Gasteiger partial charge on any atom is 0.266 e. The van der Waals surface area contributed by atoms with E-state index in [-0.39, 0.29) is 21.2 Å². The number of pyridine rings is 1. The van der Waals surface area contributed by atoms with Crippen LogP contribution in [0.1, 0.15) is 11.3 Å². The van der Waals surface area contributed by atoms with Crippen molar-refractivity contribution in [3.63, 3.8) is 0 Å². The van der Waals surface area contributed by atoms with Crippen LogP contribution in [0.4, 0.5) is 8.78 Å². The third-order valence-corrected chi connectivity index (χ3v) is 3.25. The second-order valence-electron chi connectivity index (χ2n) is 3.90. The van der Waals surface area contributed by atoms with Gasteiger partial charge < -0.3 is 4.98 Å². The van der Waals surface area contributed by atoms with Gasteiger partial charge in [0, 0.05) is 21.3 Å². The Balaban J connectivity index is 2.92. The van der Waals surface area contributed by atoms with Crippen molar-refractivity contribution >= 4 is 15.9 Å². The first-order valence-corrected chi connectivity index (χ1v) is 6.03. The molecule has 0 saturated carbocycles. The minimum absolute atomic E-state index is 0.0626. The lowest BCUT2D eigenvalue weighted by Crippen LogP contribution is -2.13. The van der Waals surface area contributed by atoms with Gasteiger partial charge in [-0.3, -0.25) is 4.79 Å². The average Bonchev–Trinajstić information content (AvgIpc) is 2.34. The zero-order chi connectivity index (χ0) is 14.2. The number of benzene rings is 1. The van der Waals surface area contributed by atoms with Gasteiger partial charge in [0.1, 0.15) is 11.6 Å². The Bertz CT molecular complexity index is 762. The van der Waals surface area contributed by atoms with Gasteiger partial charge in [0.15, 0.2) is 11.6 Å². The van der Waals surface area contributed by atoms with E-state index in [0.717, 1.165) is 6.07 Å². The largest absolute Gasteiger partial charge is 0.325 e. The molecule has 1 N–H and O–H groups in total. The van der Waals surface area contributed by atoms with E-state index in [4.69, 9.17) is 5.26 Å². The fourth-order valence-corrected chi connectivity index (χ4v) is 2.29. The molecule has 0 saturated heterocycles. The van der Waals surface area contributed by atoms with Crippen molar-refractivity contribution in [3.8, 4) is 17.2 Å². The maximum atomic E-state index is 13.9. The number of aromatic amines is 1. The fraction of sp³-hybridized carbons (Fsp3) is 0.0769. The molecule has 2 rings (SSSR count). The van der Waals surface area contributed by atoms with Crippen LogP contribution in [0, 0.1) is 29.9 Å². The van der Waals surface area contributed by atoms with Crippen LogP contribution in [-0.4, -0.2) is 4.98 Å². The van der Waals surface area contributed by atoms with Gasteiger partial charge in [0.05, 0.1) is 0 Å². The Kier molecular flexibility index (Phi) is 3.49. The first-order chi connectivity index (χ1) is 8.95. The van der Waals surface area contributed by atoms with Crippen LogP contribution >= 0.6 is 15.9 Å². The molecule has 6 heteroatoms. The molecule has 0 unspecified atom stereocenters. The van der Waals surface area contributed by atoms with Gasteiger partial charge in [0.25, 0.3) is 5.56 Å². The number of hydrogen-bond acceptors (Lipinski definition) is 2. The summed E-state index contributed by atoms with van der Waals surface area (Å²) in [5.41, 5.74) is -0.503. The van der Waals surface area contributed by atoms with Crippen LogP contribution < -0.4 is 5.56 Å². The zero-order valence-electron chi connectivity index (χ0n) is 9.72. The highest BCUT2D eigenvalue weighted by molar-refractivity contribution is 9.10. The van der Waals surface area contributed by atoms with Gasteiger partial charge >= 0.3 is 0 Å². The van der Waals surface area contributed by atoms with E-state index in [1.807, 2.05) is 0 Å². The summed E-state index contributed by atoms with van der Waals surface area (Å²) in [6.45, 7) is 1.59. The molecule has 0 spiro atoms. The Morgan fingerprint density at radius 3 is 2.68 bits per heavy atom. The van der Waals surface area contributed by atoms with Crippen molar-refractivity contribution in [2.45, 2.75) is 6.92 Å². The molecule has 0 amide bonds. The van der Waals surface area contributed by atoms with Crippen molar-refractivity contribution in [1.29, 1.82) is 5.26 Å². The molecule has 0 radical (unpaired) electrons. The third kappa shape index (κ3) is 2.29. The summed E-state index contributed by atoms with van der Waals surface area (Å²) < 4.78 is 27.5. The predicted molar refractivity (Wildman–Crippen MR) is 69.6 cm³/mol. The van der Waals surface area contributed by atoms with Crippen LogP contribution in [0.25, 0.3) is 11.1 Å². The normalized spacial score (nSPS) is 10.3. The lowest BCUT2D eigenvalue weighted by Gasteiger charge is -2.09. The van der Waals surface area contributed by atoms with Crippen molar-refractivity contribution in [2.75, 3.05) is 0 Å². The number of rotatable bonds is 1. The molecule has 0 aliphatic carbocycles. The second-order valence-corrected chi connectivity index (χ2v) is 4.75. The van der Waals surface area contributed by atoms with Crippen LogP contribution in [-0.2, 0) is 0 Å². The summed E-state index contributed by atoms with van der Waals surface area (Å²) in [6.07, 6.45) is 0. The molecule has 96 valence electrons. The second kappa shape index (κ2) is 4.94. The summed E-state index contributed by atoms with van der Waals surface area (Å²) in [7, 11) is 0. The van der Waals surface area contributed by atoms with Crippen molar-refractivity contribution in [3.05, 3.63) is 55.9 Å². The number of nitriles is 1. The minimum atomic E-state index is -1.10. The monoisotopic (exact) mass is 324 g/mol. The lowest BCUT2D eigenvalue weighted by atomic mass is 10.0. The highest BCUT2D eigenvalue weighted by Crippen LogP contribution is 2.33. The zero-order valence-corrected chi connectivity index (χ0v) is 11.3. The van der Waals surface area contributed by atoms with E-state index < -0.39 is 17.2 Å². The average molecular weight is 325 g/mol. The van der Waals surface area contributed by atoms with E-state index >= 15 is 0 Å². The van der Waals surface area contributed by atoms with Crippen molar-refractivity contribution in [2.24, 2.45) is 0 Å². The number of halogens is 3. The van der Waals surface area contributed by atoms with Gasteiger partial charge in [0.2, 0.25) is 0 Å². The summed E-state index contributed by atoms with van der Waals surface area (Å²) in [4.78, 5) is 14.1. The summed E-state index contributed by atoms with van der Waals surface area (Å²) in [5.74, 6) is -2.14. The van der Waals surface area contributed by atoms with E-state index in [1.165, 1.54) is 12.1 Å². The van der Waals surface area contributed by atoms with Gasteiger partial charge in [-0.2, -0.15) is 5.26 Å². The molecule has 1 heterocycles. The molecular weight excluding hydrogens is 318 g/mol. The van der Waals surface area contributed by atoms with Gasteiger partial charge in [-0.05, 0) is 25.1 Å². The maximum absolute atomic E-state index is 13.9. The molecule has 2 aromatic rings. The number of aromatic nitrogens is 1. The topological polar surface area (TPSA) is 56.6 Å². The van der Waals surface area contributed by atoms with Crippen LogP contribution in [0.3, 0.4) is 0 Å². The van der Waals surface area contributed by atoms with E-state index in [1.54, 1.807) is 13.0 Å². The first kappa shape index (κ1) is 13.4. The van der Waals surface area contributed by atoms with Gasteiger partial charge in [-0.15, -0.1) is 0 Å². The van der Waals surface area contributed by atoms with E-state index in [2.05, 4.69) is 20.9 Å². The smallest absolute Gasteiger partial charge is 0.266 e. The standard InChI is InChI=1S/C13H7BrF2N2O/c1-6-4-7(8(5-17)13(19)18-6)11-9(14)2-3-10(15)12(11)16/h2-4H,1H3,(H,18,19). The Morgan fingerprint density at radius 1 is 1.37 bits per heavy atom. The lowest BCUT2D eigenvalue weighted by molar-refractivity contribution is 0.510. The van der Waals surface area contributed by atoms with Crippen LogP contribution in [0.15, 0.2) is 27.5 Å². The Morgan fingerprint density at radius 2 is 2.05 bits per heavy atom. The molecule has 0 aliphatic rings. The molecule has 0 fully saturated rings. The molecule has 0 bridgehead atoms. The molecule has 1 aromatic heterocycles. The highest BCUT2D eigenvalue weighted by Gasteiger charge is 2.19. The van der Waals surface area contributed by atoms with Crippen molar-refractivity contribution in [1.82, 2.24) is 4.98 Å². The van der Waals surface area contributed by atoms with Crippen LogP contribution in [0.2, 0.25) is 0 Å². The molecule has 19 heavy (non-hydrogen) atoms. The number of nitrogens with zero attached hydrogens (tertiary/aromatic N) is 1. The SMILES string of the molecule is Cc1cc(-c2c(Br)ccc(F)c2F)c(C#N)c(=O)[nH]1. The summed E-state index contributed by atoms with van der Waals surface area (Å²) in [5, 5.41) is 9.00. The fourth-order valence-electron chi connectivity index (χ4n) is 1.77. The van der Waals surface area contributed by atoms with Gasteiger partial charge in [-0.1, -0.05) is 15.9 Å². The summed E-state index contributed by atoms with van der Waals surface area (Å²) in [6, 6.07) is 5.43. The number of hydrogen-bond donors (Lipinski definition) is 1.